The van der Waals surface area contributed by atoms with Crippen molar-refractivity contribution in [3.8, 4) is 11.3 Å². The van der Waals surface area contributed by atoms with Crippen LogP contribution < -0.4 is 10.6 Å². The summed E-state index contributed by atoms with van der Waals surface area (Å²) in [5, 5.41) is 17.8. The van der Waals surface area contributed by atoms with E-state index in [2.05, 4.69) is 20.6 Å². The molecule has 0 radical (unpaired) electrons. The van der Waals surface area contributed by atoms with Crippen LogP contribution in [-0.2, 0) is 22.4 Å². The number of hydrogen-bond donors (Lipinski definition) is 3. The third-order valence-electron chi connectivity index (χ3n) is 7.71. The molecule has 10 heteroatoms. The first kappa shape index (κ1) is 26.9. The van der Waals surface area contributed by atoms with Crippen LogP contribution in [0.5, 0.6) is 0 Å². The molecule has 1 fully saturated rings. The zero-order valence-corrected chi connectivity index (χ0v) is 23.1. The van der Waals surface area contributed by atoms with Gasteiger partial charge in [0.05, 0.1) is 21.9 Å². The Bertz CT molecular complexity index is 1710. The van der Waals surface area contributed by atoms with Crippen LogP contribution in [0.3, 0.4) is 0 Å². The largest absolute Gasteiger partial charge is 0.354 e. The summed E-state index contributed by atoms with van der Waals surface area (Å²) in [5.74, 6) is 0.770. The number of carbonyl (C=O) groups excluding carboxylic acids is 2. The summed E-state index contributed by atoms with van der Waals surface area (Å²) in [5.41, 5.74) is 6.13. The molecule has 0 spiro atoms. The standard InChI is InChI=1S/C32H30N6O4/c1-2-28-33-19-27(35-28)21-9-11-23(12-10-21)34-31(30-25-18-24(38(41)42)13-14-26(25)36-32(30)40)22-7-5-20(6-8-22)15-17-37-16-3-4-29(37)39/h5-14,18-19,34H,2-4,15-17H2,1H3,(H,33,35)(H,36,40)/b31-30-. The van der Waals surface area contributed by atoms with Crippen molar-refractivity contribution in [1.82, 2.24) is 14.9 Å². The summed E-state index contributed by atoms with van der Waals surface area (Å²) >= 11 is 0. The van der Waals surface area contributed by atoms with E-state index < -0.39 is 4.92 Å². The summed E-state index contributed by atoms with van der Waals surface area (Å²) in [6.45, 7) is 3.51. The molecule has 0 saturated carbocycles. The van der Waals surface area contributed by atoms with E-state index in [1.165, 1.54) is 12.1 Å². The van der Waals surface area contributed by atoms with Gasteiger partial charge in [0.1, 0.15) is 5.82 Å². The van der Waals surface area contributed by atoms with Gasteiger partial charge in [0.2, 0.25) is 5.91 Å². The normalized spacial score (nSPS) is 15.5. The molecule has 3 N–H and O–H groups in total. The molecular weight excluding hydrogens is 532 g/mol. The van der Waals surface area contributed by atoms with Gasteiger partial charge in [0.25, 0.3) is 11.6 Å². The molecule has 0 aliphatic carbocycles. The van der Waals surface area contributed by atoms with Gasteiger partial charge < -0.3 is 20.5 Å². The second-order valence-corrected chi connectivity index (χ2v) is 10.4. The van der Waals surface area contributed by atoms with Crippen molar-refractivity contribution in [2.24, 2.45) is 0 Å². The molecule has 2 amide bonds. The quantitative estimate of drug-likeness (QED) is 0.137. The van der Waals surface area contributed by atoms with Crippen molar-refractivity contribution in [3.05, 3.63) is 106 Å². The summed E-state index contributed by atoms with van der Waals surface area (Å²) in [6, 6.07) is 20.0. The zero-order chi connectivity index (χ0) is 29.2. The van der Waals surface area contributed by atoms with Crippen LogP contribution in [0.15, 0.2) is 72.9 Å². The Kier molecular flexibility index (Phi) is 7.26. The number of hydrogen-bond acceptors (Lipinski definition) is 6. The van der Waals surface area contributed by atoms with E-state index in [9.17, 15) is 19.7 Å². The smallest absolute Gasteiger partial charge is 0.270 e. The lowest BCUT2D eigenvalue weighted by molar-refractivity contribution is -0.384. The Labute approximate surface area is 242 Å². The third kappa shape index (κ3) is 5.38. The Morgan fingerprint density at radius 1 is 1.07 bits per heavy atom. The maximum Gasteiger partial charge on any atom is 0.270 e. The average Bonchev–Trinajstić information content (AvgIpc) is 3.73. The minimum atomic E-state index is -0.467. The van der Waals surface area contributed by atoms with Gasteiger partial charge in [-0.15, -0.1) is 0 Å². The Hall–Kier alpha value is -5.25. The lowest BCUT2D eigenvalue weighted by atomic mass is 9.98. The molecule has 3 aromatic carbocycles. The molecule has 1 aromatic heterocycles. The van der Waals surface area contributed by atoms with E-state index in [0.29, 0.717) is 35.5 Å². The number of nitro benzene ring substituents is 1. The van der Waals surface area contributed by atoms with Gasteiger partial charge in [-0.25, -0.2) is 4.98 Å². The van der Waals surface area contributed by atoms with Gasteiger partial charge in [0, 0.05) is 66.8 Å². The summed E-state index contributed by atoms with van der Waals surface area (Å²) in [4.78, 5) is 46.0. The van der Waals surface area contributed by atoms with Crippen LogP contribution in [0.25, 0.3) is 22.5 Å². The van der Waals surface area contributed by atoms with Crippen molar-refractivity contribution in [3.63, 3.8) is 0 Å². The van der Waals surface area contributed by atoms with Crippen LogP contribution in [0.2, 0.25) is 0 Å². The predicted molar refractivity (Wildman–Crippen MR) is 162 cm³/mol. The van der Waals surface area contributed by atoms with Crippen molar-refractivity contribution in [2.75, 3.05) is 23.7 Å². The lowest BCUT2D eigenvalue weighted by Gasteiger charge is -2.17. The number of aromatic nitrogens is 2. The Morgan fingerprint density at radius 3 is 2.52 bits per heavy atom. The van der Waals surface area contributed by atoms with E-state index in [4.69, 9.17) is 0 Å². The highest BCUT2D eigenvalue weighted by atomic mass is 16.6. The number of nitrogens with one attached hydrogen (secondary N) is 3. The number of nitrogens with zero attached hydrogens (tertiary/aromatic N) is 3. The fourth-order valence-electron chi connectivity index (χ4n) is 5.40. The molecule has 6 rings (SSSR count). The number of aromatic amines is 1. The van der Waals surface area contributed by atoms with Gasteiger partial charge in [-0.3, -0.25) is 19.7 Å². The van der Waals surface area contributed by atoms with Gasteiger partial charge in [-0.1, -0.05) is 43.3 Å². The van der Waals surface area contributed by atoms with Gasteiger partial charge in [-0.05, 0) is 42.2 Å². The van der Waals surface area contributed by atoms with Crippen LogP contribution in [0.4, 0.5) is 17.1 Å². The van der Waals surface area contributed by atoms with Gasteiger partial charge >= 0.3 is 0 Å². The van der Waals surface area contributed by atoms with Crippen LogP contribution >= 0.6 is 0 Å². The summed E-state index contributed by atoms with van der Waals surface area (Å²) in [6.07, 6.45) is 4.95. The molecule has 2 aliphatic rings. The number of non-ortho nitro benzene ring substituents is 1. The van der Waals surface area contributed by atoms with Crippen LogP contribution in [-0.4, -0.2) is 44.7 Å². The zero-order valence-electron chi connectivity index (χ0n) is 23.1. The minimum Gasteiger partial charge on any atom is -0.354 e. The minimum absolute atomic E-state index is 0.0938. The number of benzene rings is 3. The summed E-state index contributed by atoms with van der Waals surface area (Å²) in [7, 11) is 0. The molecule has 2 aliphatic heterocycles. The van der Waals surface area contributed by atoms with E-state index in [-0.39, 0.29) is 17.5 Å². The topological polar surface area (TPSA) is 133 Å². The maximum absolute atomic E-state index is 13.3. The van der Waals surface area contributed by atoms with Crippen molar-refractivity contribution in [1.29, 1.82) is 0 Å². The van der Waals surface area contributed by atoms with Crippen molar-refractivity contribution >= 4 is 40.1 Å². The maximum atomic E-state index is 13.3. The number of amides is 2. The first-order chi connectivity index (χ1) is 20.4. The third-order valence-corrected chi connectivity index (χ3v) is 7.71. The number of H-pyrrole nitrogens is 1. The predicted octanol–water partition coefficient (Wildman–Crippen LogP) is 5.64. The second kappa shape index (κ2) is 11.3. The highest BCUT2D eigenvalue weighted by Crippen LogP contribution is 2.39. The molecule has 0 bridgehead atoms. The number of aryl methyl sites for hydroxylation is 1. The number of nitro groups is 1. The number of carbonyl (C=O) groups is 2. The molecule has 10 nitrogen and oxygen atoms in total. The SMILES string of the molecule is CCc1nc(-c2ccc(N/C(=C3\C(=O)Nc4ccc([N+](=O)[O-])cc43)c3ccc(CCN4CCCC4=O)cc3)cc2)c[nH]1. The van der Waals surface area contributed by atoms with Crippen molar-refractivity contribution in [2.45, 2.75) is 32.6 Å². The van der Waals surface area contributed by atoms with Crippen molar-refractivity contribution < 1.29 is 14.5 Å². The molecule has 212 valence electrons. The number of rotatable bonds is 9. The molecule has 0 atom stereocenters. The Morgan fingerprint density at radius 2 is 1.86 bits per heavy atom. The highest BCUT2D eigenvalue weighted by molar-refractivity contribution is 6.37. The van der Waals surface area contributed by atoms with Crippen LogP contribution in [0.1, 0.15) is 42.3 Å². The van der Waals surface area contributed by atoms with Gasteiger partial charge in [-0.2, -0.15) is 0 Å². The van der Waals surface area contributed by atoms with E-state index in [1.807, 2.05) is 66.6 Å². The Balaban J connectivity index is 1.35. The summed E-state index contributed by atoms with van der Waals surface area (Å²) < 4.78 is 0. The second-order valence-electron chi connectivity index (χ2n) is 10.4. The van der Waals surface area contributed by atoms with Crippen LogP contribution in [0, 0.1) is 10.1 Å². The highest BCUT2D eigenvalue weighted by Gasteiger charge is 2.30. The molecule has 1 saturated heterocycles. The first-order valence-electron chi connectivity index (χ1n) is 14.0. The molecule has 4 aromatic rings. The van der Waals surface area contributed by atoms with E-state index >= 15 is 0 Å². The molecular formula is C32H30N6O4. The fourth-order valence-corrected chi connectivity index (χ4v) is 5.40. The monoisotopic (exact) mass is 562 g/mol. The van der Waals surface area contributed by atoms with Gasteiger partial charge in [0.15, 0.2) is 0 Å². The lowest BCUT2D eigenvalue weighted by Crippen LogP contribution is -2.26. The number of imidazole rings is 1. The molecule has 0 unspecified atom stereocenters. The van der Waals surface area contributed by atoms with E-state index in [0.717, 1.165) is 59.7 Å². The molecule has 3 heterocycles. The van der Waals surface area contributed by atoms with E-state index in [1.54, 1.807) is 6.07 Å². The number of fused-ring (bicyclic) bond motifs is 1. The number of likely N-dealkylation sites (tertiary alicyclic amines) is 1. The first-order valence-corrected chi connectivity index (χ1v) is 14.0. The number of anilines is 2. The molecule has 42 heavy (non-hydrogen) atoms. The average molecular weight is 563 g/mol. The fraction of sp³-hybridized carbons (Fsp3) is 0.219.